The molecule has 0 radical (unpaired) electrons. The summed E-state index contributed by atoms with van der Waals surface area (Å²) in [6, 6.07) is 4.94. The highest BCUT2D eigenvalue weighted by molar-refractivity contribution is 9.11. The molecular weight excluding hydrogens is 323 g/mol. The summed E-state index contributed by atoms with van der Waals surface area (Å²) in [5, 5.41) is 8.29. The Morgan fingerprint density at radius 2 is 1.93 bits per heavy atom. The maximum atomic E-state index is 12.7. The standard InChI is InChI=1S/C8H5Br2FO3/c9-4-2-1-3-5(10)6(4)14-7(11)8(12)13/h1-3,7H,(H,12,13). The Kier molecular flexibility index (Phi) is 3.88. The number of halogens is 3. The van der Waals surface area contributed by atoms with Gasteiger partial charge in [-0.3, -0.25) is 0 Å². The molecule has 14 heavy (non-hydrogen) atoms. The summed E-state index contributed by atoms with van der Waals surface area (Å²) in [7, 11) is 0. The van der Waals surface area contributed by atoms with E-state index in [-0.39, 0.29) is 5.75 Å². The largest absolute Gasteiger partial charge is 0.476 e. The summed E-state index contributed by atoms with van der Waals surface area (Å²) < 4.78 is 18.2. The van der Waals surface area contributed by atoms with Gasteiger partial charge < -0.3 is 9.84 Å². The van der Waals surface area contributed by atoms with Crippen molar-refractivity contribution in [3.63, 3.8) is 0 Å². The van der Waals surface area contributed by atoms with E-state index in [0.717, 1.165) is 0 Å². The van der Waals surface area contributed by atoms with Gasteiger partial charge in [-0.25, -0.2) is 4.79 Å². The molecule has 0 saturated heterocycles. The van der Waals surface area contributed by atoms with Crippen LogP contribution in [0.5, 0.6) is 5.75 Å². The van der Waals surface area contributed by atoms with E-state index >= 15 is 0 Å². The maximum absolute atomic E-state index is 12.7. The van der Waals surface area contributed by atoms with Crippen LogP contribution < -0.4 is 4.74 Å². The van der Waals surface area contributed by atoms with Gasteiger partial charge in [-0.1, -0.05) is 6.07 Å². The van der Waals surface area contributed by atoms with Gasteiger partial charge in [0.1, 0.15) is 0 Å². The molecule has 0 bridgehead atoms. The van der Waals surface area contributed by atoms with Crippen molar-refractivity contribution in [3.8, 4) is 5.75 Å². The van der Waals surface area contributed by atoms with Crippen molar-refractivity contribution >= 4 is 37.8 Å². The first-order valence-corrected chi connectivity index (χ1v) is 5.08. The second-order valence-corrected chi connectivity index (χ2v) is 4.03. The minimum absolute atomic E-state index is 0.127. The summed E-state index contributed by atoms with van der Waals surface area (Å²) in [4.78, 5) is 10.2. The van der Waals surface area contributed by atoms with E-state index in [1.807, 2.05) is 0 Å². The number of alkyl halides is 1. The van der Waals surface area contributed by atoms with Gasteiger partial charge in [-0.05, 0) is 44.0 Å². The Morgan fingerprint density at radius 3 is 2.36 bits per heavy atom. The molecule has 1 unspecified atom stereocenters. The molecule has 0 amide bonds. The first kappa shape index (κ1) is 11.5. The second kappa shape index (κ2) is 4.75. The maximum Gasteiger partial charge on any atom is 0.378 e. The van der Waals surface area contributed by atoms with Gasteiger partial charge in [-0.15, -0.1) is 0 Å². The van der Waals surface area contributed by atoms with Gasteiger partial charge in [-0.2, -0.15) is 4.39 Å². The number of hydrogen-bond acceptors (Lipinski definition) is 2. The predicted molar refractivity (Wildman–Crippen MR) is 55.0 cm³/mol. The summed E-state index contributed by atoms with van der Waals surface area (Å²) in [5.74, 6) is -1.53. The molecule has 0 aliphatic rings. The molecule has 0 aliphatic carbocycles. The van der Waals surface area contributed by atoms with Crippen LogP contribution in [-0.4, -0.2) is 17.4 Å². The van der Waals surface area contributed by atoms with E-state index in [1.165, 1.54) is 0 Å². The zero-order valence-corrected chi connectivity index (χ0v) is 9.88. The van der Waals surface area contributed by atoms with Crippen molar-refractivity contribution in [3.05, 3.63) is 27.1 Å². The topological polar surface area (TPSA) is 46.5 Å². The zero-order valence-electron chi connectivity index (χ0n) is 6.71. The van der Waals surface area contributed by atoms with Crippen LogP contribution in [-0.2, 0) is 4.79 Å². The molecule has 3 nitrogen and oxygen atoms in total. The smallest absolute Gasteiger partial charge is 0.378 e. The zero-order chi connectivity index (χ0) is 10.7. The van der Waals surface area contributed by atoms with Gasteiger partial charge in [0, 0.05) is 0 Å². The van der Waals surface area contributed by atoms with Crippen LogP contribution in [0.4, 0.5) is 4.39 Å². The Morgan fingerprint density at radius 1 is 1.43 bits per heavy atom. The first-order valence-electron chi connectivity index (χ1n) is 3.50. The van der Waals surface area contributed by atoms with Crippen LogP contribution in [0.3, 0.4) is 0 Å². The van der Waals surface area contributed by atoms with E-state index in [2.05, 4.69) is 36.6 Å². The predicted octanol–water partition coefficient (Wildman–Crippen LogP) is 2.97. The number of rotatable bonds is 3. The Bertz CT molecular complexity index is 336. The average molecular weight is 328 g/mol. The molecule has 1 aromatic carbocycles. The number of hydrogen-bond donors (Lipinski definition) is 1. The normalized spacial score (nSPS) is 12.2. The third-order valence-electron chi connectivity index (χ3n) is 1.33. The fraction of sp³-hybridized carbons (Fsp3) is 0.125. The molecule has 0 heterocycles. The molecule has 76 valence electrons. The molecule has 0 spiro atoms. The lowest BCUT2D eigenvalue weighted by Gasteiger charge is -2.10. The van der Waals surface area contributed by atoms with Gasteiger partial charge >= 0.3 is 12.3 Å². The fourth-order valence-corrected chi connectivity index (χ4v) is 1.93. The quantitative estimate of drug-likeness (QED) is 0.928. The molecule has 1 aromatic rings. The monoisotopic (exact) mass is 326 g/mol. The number of carboxylic acid groups (broad SMARTS) is 1. The van der Waals surface area contributed by atoms with Crippen molar-refractivity contribution < 1.29 is 19.0 Å². The van der Waals surface area contributed by atoms with Crippen LogP contribution in [0.1, 0.15) is 0 Å². The Labute approximate surface area is 96.1 Å². The summed E-state index contributed by atoms with van der Waals surface area (Å²) in [5.41, 5.74) is 0. The van der Waals surface area contributed by atoms with Crippen LogP contribution in [0, 0.1) is 0 Å². The van der Waals surface area contributed by atoms with Gasteiger partial charge in [0.15, 0.2) is 5.75 Å². The van der Waals surface area contributed by atoms with Crippen LogP contribution in [0.15, 0.2) is 27.1 Å². The van der Waals surface area contributed by atoms with Crippen LogP contribution in [0.25, 0.3) is 0 Å². The van der Waals surface area contributed by atoms with Gasteiger partial charge in [0.05, 0.1) is 8.95 Å². The molecule has 0 aromatic heterocycles. The highest BCUT2D eigenvalue weighted by Crippen LogP contribution is 2.33. The molecule has 0 fully saturated rings. The molecule has 0 saturated carbocycles. The lowest BCUT2D eigenvalue weighted by Crippen LogP contribution is -2.21. The number of carbonyl (C=O) groups is 1. The average Bonchev–Trinajstić information content (AvgIpc) is 2.11. The number of para-hydroxylation sites is 1. The number of ether oxygens (including phenoxy) is 1. The van der Waals surface area contributed by atoms with E-state index in [1.54, 1.807) is 18.2 Å². The highest BCUT2D eigenvalue weighted by Gasteiger charge is 2.19. The van der Waals surface area contributed by atoms with Crippen molar-refractivity contribution in [1.82, 2.24) is 0 Å². The lowest BCUT2D eigenvalue weighted by molar-refractivity contribution is -0.153. The Balaban J connectivity index is 2.91. The number of benzene rings is 1. The molecule has 1 rings (SSSR count). The fourth-order valence-electron chi connectivity index (χ4n) is 0.749. The SMILES string of the molecule is O=C(O)C(F)Oc1c(Br)cccc1Br. The third-order valence-corrected chi connectivity index (χ3v) is 2.58. The minimum Gasteiger partial charge on any atom is -0.476 e. The van der Waals surface area contributed by atoms with Crippen molar-refractivity contribution in [2.45, 2.75) is 6.36 Å². The van der Waals surface area contributed by atoms with Gasteiger partial charge in [0.2, 0.25) is 0 Å². The third kappa shape index (κ3) is 2.68. The summed E-state index contributed by atoms with van der Waals surface area (Å²) >= 11 is 6.22. The molecule has 1 N–H and O–H groups in total. The van der Waals surface area contributed by atoms with E-state index in [9.17, 15) is 9.18 Å². The second-order valence-electron chi connectivity index (χ2n) is 2.32. The van der Waals surface area contributed by atoms with Crippen molar-refractivity contribution in [2.24, 2.45) is 0 Å². The van der Waals surface area contributed by atoms with Crippen LogP contribution in [0.2, 0.25) is 0 Å². The Hall–Kier alpha value is -0.620. The first-order chi connectivity index (χ1) is 6.52. The van der Waals surface area contributed by atoms with E-state index < -0.39 is 12.3 Å². The number of carboxylic acids is 1. The molecule has 6 heteroatoms. The van der Waals surface area contributed by atoms with E-state index in [0.29, 0.717) is 8.95 Å². The highest BCUT2D eigenvalue weighted by atomic mass is 79.9. The van der Waals surface area contributed by atoms with Crippen molar-refractivity contribution in [2.75, 3.05) is 0 Å². The molecular formula is C8H5Br2FO3. The van der Waals surface area contributed by atoms with E-state index in [4.69, 9.17) is 5.11 Å². The van der Waals surface area contributed by atoms with Crippen LogP contribution >= 0.6 is 31.9 Å². The molecule has 1 atom stereocenters. The summed E-state index contributed by atoms with van der Waals surface area (Å²) in [6.45, 7) is 0. The lowest BCUT2D eigenvalue weighted by atomic mass is 10.3. The molecule has 0 aliphatic heterocycles. The number of aliphatic carboxylic acids is 1. The minimum atomic E-state index is -2.37. The van der Waals surface area contributed by atoms with Crippen molar-refractivity contribution in [1.29, 1.82) is 0 Å². The summed E-state index contributed by atoms with van der Waals surface area (Å²) in [6.07, 6.45) is -2.37. The van der Waals surface area contributed by atoms with Gasteiger partial charge in [0.25, 0.3) is 0 Å².